The Labute approximate surface area is 142 Å². The number of nitrogens with zero attached hydrogens (tertiary/aromatic N) is 1. The van der Waals surface area contributed by atoms with E-state index in [1.165, 1.54) is 19.3 Å². The topological polar surface area (TPSA) is 69.2 Å². The highest BCUT2D eigenvalue weighted by molar-refractivity contribution is 6.04. The number of hydrogen-bond donors (Lipinski definition) is 1. The largest absolute Gasteiger partial charge is 0.493 e. The van der Waals surface area contributed by atoms with Gasteiger partial charge in [0.1, 0.15) is 0 Å². The molecule has 1 aromatic rings. The van der Waals surface area contributed by atoms with Crippen molar-refractivity contribution in [2.75, 3.05) is 14.2 Å². The van der Waals surface area contributed by atoms with Crippen molar-refractivity contribution < 1.29 is 19.1 Å². The van der Waals surface area contributed by atoms with Gasteiger partial charge in [-0.2, -0.15) is 0 Å². The molecule has 1 N–H and O–H groups in total. The summed E-state index contributed by atoms with van der Waals surface area (Å²) in [4.78, 5) is 17.7. The third kappa shape index (κ3) is 3.63. The molecule has 1 aliphatic carbocycles. The van der Waals surface area contributed by atoms with Crippen molar-refractivity contribution in [1.82, 2.24) is 5.32 Å². The third-order valence-electron chi connectivity index (χ3n) is 4.63. The van der Waals surface area contributed by atoms with Crippen molar-refractivity contribution in [3.8, 4) is 11.5 Å². The van der Waals surface area contributed by atoms with Crippen LogP contribution in [0.25, 0.3) is 0 Å². The zero-order chi connectivity index (χ0) is 16.9. The first-order valence-electron chi connectivity index (χ1n) is 8.46. The summed E-state index contributed by atoms with van der Waals surface area (Å²) in [6, 6.07) is 5.85. The predicted molar refractivity (Wildman–Crippen MR) is 90.6 cm³/mol. The number of ether oxygens (including phenoxy) is 2. The first kappa shape index (κ1) is 16.6. The molecule has 6 heteroatoms. The number of benzene rings is 1. The van der Waals surface area contributed by atoms with Crippen LogP contribution in [0.4, 0.5) is 0 Å². The molecule has 1 amide bonds. The van der Waals surface area contributed by atoms with Gasteiger partial charge in [0.15, 0.2) is 11.5 Å². The van der Waals surface area contributed by atoms with Crippen LogP contribution in [0.3, 0.4) is 0 Å². The number of rotatable bonds is 5. The van der Waals surface area contributed by atoms with E-state index in [1.807, 2.05) is 18.2 Å². The molecule has 0 spiro atoms. The molecule has 130 valence electrons. The first-order chi connectivity index (χ1) is 11.7. The van der Waals surface area contributed by atoms with E-state index >= 15 is 0 Å². The smallest absolute Gasteiger partial charge is 0.264 e. The number of amides is 1. The second kappa shape index (κ2) is 7.55. The minimum atomic E-state index is -0.546. The molecule has 1 fully saturated rings. The molecule has 3 rings (SSSR count). The van der Waals surface area contributed by atoms with E-state index in [2.05, 4.69) is 10.5 Å². The summed E-state index contributed by atoms with van der Waals surface area (Å²) in [6.45, 7) is 0. The van der Waals surface area contributed by atoms with Gasteiger partial charge in [0.25, 0.3) is 5.91 Å². The number of oxime groups is 1. The summed E-state index contributed by atoms with van der Waals surface area (Å²) in [5.74, 6) is 1.22. The van der Waals surface area contributed by atoms with E-state index in [9.17, 15) is 4.79 Å². The highest BCUT2D eigenvalue weighted by Gasteiger charge is 2.30. The molecule has 0 saturated heterocycles. The fourth-order valence-electron chi connectivity index (χ4n) is 3.25. The van der Waals surface area contributed by atoms with Crippen molar-refractivity contribution >= 4 is 11.6 Å². The van der Waals surface area contributed by atoms with E-state index in [0.717, 1.165) is 24.1 Å². The minimum Gasteiger partial charge on any atom is -0.493 e. The van der Waals surface area contributed by atoms with Crippen molar-refractivity contribution in [2.24, 2.45) is 5.16 Å². The molecule has 0 radical (unpaired) electrons. The molecule has 0 unspecified atom stereocenters. The van der Waals surface area contributed by atoms with Crippen LogP contribution in [0.5, 0.6) is 11.5 Å². The number of hydrogen-bond acceptors (Lipinski definition) is 5. The maximum atomic E-state index is 12.4. The second-order valence-electron chi connectivity index (χ2n) is 6.25. The Balaban J connectivity index is 1.61. The van der Waals surface area contributed by atoms with E-state index in [-0.39, 0.29) is 11.9 Å². The fourth-order valence-corrected chi connectivity index (χ4v) is 3.25. The number of carbonyl (C=O) groups is 1. The number of carbonyl (C=O) groups excluding carboxylic acids is 1. The van der Waals surface area contributed by atoms with Crippen molar-refractivity contribution in [3.63, 3.8) is 0 Å². The maximum absolute atomic E-state index is 12.4. The molecule has 1 aliphatic heterocycles. The van der Waals surface area contributed by atoms with Gasteiger partial charge in [-0.05, 0) is 31.0 Å². The van der Waals surface area contributed by atoms with Crippen LogP contribution in [-0.2, 0) is 9.63 Å². The third-order valence-corrected chi connectivity index (χ3v) is 4.63. The van der Waals surface area contributed by atoms with Crippen LogP contribution >= 0.6 is 0 Å². The monoisotopic (exact) mass is 332 g/mol. The minimum absolute atomic E-state index is 0.0684. The quantitative estimate of drug-likeness (QED) is 0.900. The Morgan fingerprint density at radius 3 is 2.62 bits per heavy atom. The maximum Gasteiger partial charge on any atom is 0.264 e. The second-order valence-corrected chi connectivity index (χ2v) is 6.25. The van der Waals surface area contributed by atoms with Gasteiger partial charge >= 0.3 is 0 Å². The average molecular weight is 332 g/mol. The van der Waals surface area contributed by atoms with Crippen LogP contribution in [-0.4, -0.2) is 38.0 Å². The van der Waals surface area contributed by atoms with Crippen LogP contribution in [0.2, 0.25) is 0 Å². The zero-order valence-corrected chi connectivity index (χ0v) is 14.2. The summed E-state index contributed by atoms with van der Waals surface area (Å²) >= 11 is 0. The van der Waals surface area contributed by atoms with E-state index < -0.39 is 6.10 Å². The first-order valence-corrected chi connectivity index (χ1v) is 8.46. The molecule has 6 nitrogen and oxygen atoms in total. The molecule has 1 atom stereocenters. The number of nitrogens with one attached hydrogen (secondary N) is 1. The molecule has 1 aromatic carbocycles. The van der Waals surface area contributed by atoms with Gasteiger partial charge in [-0.1, -0.05) is 24.4 Å². The lowest BCUT2D eigenvalue weighted by Gasteiger charge is -2.23. The lowest BCUT2D eigenvalue weighted by Crippen LogP contribution is -2.42. The Morgan fingerprint density at radius 2 is 1.92 bits per heavy atom. The normalized spacial score (nSPS) is 20.9. The van der Waals surface area contributed by atoms with Gasteiger partial charge in [0.05, 0.1) is 19.9 Å². The standard InChI is InChI=1S/C18H24N2O4/c1-22-15-9-8-12(10-16(15)23-2)14-11-17(24-20-14)18(21)19-13-6-4-3-5-7-13/h8-10,13,17H,3-7,11H2,1-2H3,(H,19,21)/t17-/m1/s1. The average Bonchev–Trinajstić information content (AvgIpc) is 3.12. The molecular weight excluding hydrogens is 308 g/mol. The molecule has 1 saturated carbocycles. The fraction of sp³-hybridized carbons (Fsp3) is 0.556. The summed E-state index contributed by atoms with van der Waals surface area (Å²) in [5.41, 5.74) is 1.63. The van der Waals surface area contributed by atoms with Gasteiger partial charge in [-0.25, -0.2) is 0 Å². The van der Waals surface area contributed by atoms with Gasteiger partial charge in [0.2, 0.25) is 6.10 Å². The SMILES string of the molecule is COc1ccc(C2=NO[C@@H](C(=O)NC3CCCCC3)C2)cc1OC. The molecule has 0 aromatic heterocycles. The Morgan fingerprint density at radius 1 is 1.17 bits per heavy atom. The summed E-state index contributed by atoms with van der Waals surface area (Å²) in [5, 5.41) is 7.18. The van der Waals surface area contributed by atoms with Gasteiger partial charge < -0.3 is 19.6 Å². The van der Waals surface area contributed by atoms with E-state index in [0.29, 0.717) is 17.9 Å². The Bertz CT molecular complexity index is 623. The predicted octanol–water partition coefficient (Wildman–Crippen LogP) is 2.65. The van der Waals surface area contributed by atoms with Crippen molar-refractivity contribution in [2.45, 2.75) is 50.7 Å². The summed E-state index contributed by atoms with van der Waals surface area (Å²) < 4.78 is 10.5. The molecule has 24 heavy (non-hydrogen) atoms. The summed E-state index contributed by atoms with van der Waals surface area (Å²) in [7, 11) is 3.19. The molecule has 0 bridgehead atoms. The van der Waals surface area contributed by atoms with Crippen molar-refractivity contribution in [1.29, 1.82) is 0 Å². The summed E-state index contributed by atoms with van der Waals surface area (Å²) in [6.07, 6.45) is 5.67. The van der Waals surface area contributed by atoms with Gasteiger partial charge in [-0.3, -0.25) is 4.79 Å². The molecule has 2 aliphatic rings. The lowest BCUT2D eigenvalue weighted by molar-refractivity contribution is -0.132. The highest BCUT2D eigenvalue weighted by atomic mass is 16.6. The van der Waals surface area contributed by atoms with Crippen LogP contribution in [0.1, 0.15) is 44.1 Å². The Kier molecular flexibility index (Phi) is 5.23. The van der Waals surface area contributed by atoms with E-state index in [4.69, 9.17) is 14.3 Å². The molecular formula is C18H24N2O4. The van der Waals surface area contributed by atoms with Gasteiger partial charge in [0, 0.05) is 18.0 Å². The zero-order valence-electron chi connectivity index (χ0n) is 14.2. The van der Waals surface area contributed by atoms with Crippen molar-refractivity contribution in [3.05, 3.63) is 23.8 Å². The van der Waals surface area contributed by atoms with Crippen LogP contribution in [0, 0.1) is 0 Å². The Hall–Kier alpha value is -2.24. The molecule has 1 heterocycles. The van der Waals surface area contributed by atoms with Crippen LogP contribution in [0.15, 0.2) is 23.4 Å². The van der Waals surface area contributed by atoms with Crippen LogP contribution < -0.4 is 14.8 Å². The number of methoxy groups -OCH3 is 2. The van der Waals surface area contributed by atoms with Gasteiger partial charge in [-0.15, -0.1) is 0 Å². The highest BCUT2D eigenvalue weighted by Crippen LogP contribution is 2.29. The lowest BCUT2D eigenvalue weighted by atomic mass is 9.95. The van der Waals surface area contributed by atoms with E-state index in [1.54, 1.807) is 14.2 Å².